The number of aromatic hydroxyl groups is 1. The maximum absolute atomic E-state index is 12.4. The molecule has 0 radical (unpaired) electrons. The highest BCUT2D eigenvalue weighted by Crippen LogP contribution is 2.49. The van der Waals surface area contributed by atoms with Gasteiger partial charge in [0, 0.05) is 6.07 Å². The molecule has 2 aromatic carbocycles. The summed E-state index contributed by atoms with van der Waals surface area (Å²) >= 11 is 0. The van der Waals surface area contributed by atoms with Crippen molar-refractivity contribution in [2.75, 3.05) is 14.2 Å². The van der Waals surface area contributed by atoms with Crippen LogP contribution in [0.1, 0.15) is 28.4 Å². The highest BCUT2D eigenvalue weighted by Gasteiger charge is 2.34. The topological polar surface area (TPSA) is 65.0 Å². The number of carbonyl (C=O) groups excluding carboxylic acids is 1. The molecule has 0 spiro atoms. The summed E-state index contributed by atoms with van der Waals surface area (Å²) in [5, 5.41) is 10.1. The molecule has 1 aliphatic heterocycles. The largest absolute Gasteiger partial charge is 0.507 e. The van der Waals surface area contributed by atoms with Crippen LogP contribution in [0, 0.1) is 0 Å². The van der Waals surface area contributed by atoms with Crippen molar-refractivity contribution in [1.82, 2.24) is 0 Å². The molecule has 0 bridgehead atoms. The molecule has 1 heterocycles. The molecule has 0 saturated heterocycles. The monoisotopic (exact) mass is 300 g/mol. The zero-order valence-electron chi connectivity index (χ0n) is 12.3. The van der Waals surface area contributed by atoms with E-state index < -0.39 is 6.10 Å². The molecule has 0 fully saturated rings. The summed E-state index contributed by atoms with van der Waals surface area (Å²) in [7, 11) is 2.93. The smallest absolute Gasteiger partial charge is 0.204 e. The molecule has 0 saturated carbocycles. The van der Waals surface area contributed by atoms with Crippen molar-refractivity contribution < 1.29 is 24.1 Å². The Kier molecular flexibility index (Phi) is 3.63. The first-order valence-corrected chi connectivity index (χ1v) is 6.88. The van der Waals surface area contributed by atoms with E-state index >= 15 is 0 Å². The number of ether oxygens (including phenoxy) is 3. The number of fused-ring (bicyclic) bond motifs is 1. The Bertz CT molecular complexity index is 709. The first kappa shape index (κ1) is 14.3. The molecule has 5 heteroatoms. The number of phenols is 1. The maximum atomic E-state index is 12.4. The van der Waals surface area contributed by atoms with Crippen molar-refractivity contribution in [1.29, 1.82) is 0 Å². The number of Topliss-reactive ketones (excluding diaryl/α,β-unsaturated/α-hetero) is 1. The summed E-state index contributed by atoms with van der Waals surface area (Å²) in [4.78, 5) is 12.4. The minimum absolute atomic E-state index is 0.143. The number of carbonyl (C=O) groups is 1. The van der Waals surface area contributed by atoms with Crippen molar-refractivity contribution in [2.24, 2.45) is 0 Å². The van der Waals surface area contributed by atoms with Gasteiger partial charge in [-0.3, -0.25) is 4.79 Å². The standard InChI is InChI=1S/C17H16O5/c1-20-14-9-12(19)15-11(18)8-13(10-6-4-3-5-7-10)22-17(15)16(14)21-2/h3-7,9,13,19H,8H2,1-2H3/t13-/m0/s1. The molecule has 3 rings (SSSR count). The third-order valence-corrected chi connectivity index (χ3v) is 3.69. The fraction of sp³-hybridized carbons (Fsp3) is 0.235. The normalized spacial score (nSPS) is 16.6. The Balaban J connectivity index is 2.11. The van der Waals surface area contributed by atoms with Crippen LogP contribution in [0.4, 0.5) is 0 Å². The van der Waals surface area contributed by atoms with Gasteiger partial charge in [-0.2, -0.15) is 0 Å². The molecule has 0 amide bonds. The van der Waals surface area contributed by atoms with E-state index in [1.807, 2.05) is 30.3 Å². The van der Waals surface area contributed by atoms with Crippen molar-refractivity contribution >= 4 is 5.78 Å². The van der Waals surface area contributed by atoms with Gasteiger partial charge in [0.25, 0.3) is 0 Å². The van der Waals surface area contributed by atoms with E-state index in [1.165, 1.54) is 20.3 Å². The lowest BCUT2D eigenvalue weighted by molar-refractivity contribution is 0.0836. The molecule has 2 aromatic rings. The van der Waals surface area contributed by atoms with E-state index in [4.69, 9.17) is 14.2 Å². The number of rotatable bonds is 3. The molecule has 1 aliphatic rings. The molecule has 0 aliphatic carbocycles. The molecule has 114 valence electrons. The Morgan fingerprint density at radius 2 is 1.91 bits per heavy atom. The Hall–Kier alpha value is -2.69. The van der Waals surface area contributed by atoms with Gasteiger partial charge in [-0.05, 0) is 5.56 Å². The van der Waals surface area contributed by atoms with Gasteiger partial charge in [-0.25, -0.2) is 0 Å². The summed E-state index contributed by atoms with van der Waals surface area (Å²) in [6.45, 7) is 0. The average Bonchev–Trinajstić information content (AvgIpc) is 2.54. The van der Waals surface area contributed by atoms with Crippen LogP contribution < -0.4 is 14.2 Å². The fourth-order valence-electron chi connectivity index (χ4n) is 2.64. The fourth-order valence-corrected chi connectivity index (χ4v) is 2.64. The van der Waals surface area contributed by atoms with Crippen molar-refractivity contribution in [3.05, 3.63) is 47.5 Å². The van der Waals surface area contributed by atoms with Gasteiger partial charge < -0.3 is 19.3 Å². The quantitative estimate of drug-likeness (QED) is 0.943. The van der Waals surface area contributed by atoms with Gasteiger partial charge in [0.05, 0.1) is 20.6 Å². The average molecular weight is 300 g/mol. The summed E-state index contributed by atoms with van der Waals surface area (Å²) in [6, 6.07) is 10.8. The van der Waals surface area contributed by atoms with Gasteiger partial charge in [-0.15, -0.1) is 0 Å². The van der Waals surface area contributed by atoms with Crippen molar-refractivity contribution in [2.45, 2.75) is 12.5 Å². The maximum Gasteiger partial charge on any atom is 0.204 e. The predicted molar refractivity (Wildman–Crippen MR) is 80.0 cm³/mol. The SMILES string of the molecule is COc1cc(O)c2c(c1OC)O[C@H](c1ccccc1)CC2=O. The van der Waals surface area contributed by atoms with Crippen LogP contribution in [0.25, 0.3) is 0 Å². The first-order valence-electron chi connectivity index (χ1n) is 6.88. The van der Waals surface area contributed by atoms with Crippen molar-refractivity contribution in [3.8, 4) is 23.0 Å². The van der Waals surface area contributed by atoms with Crippen LogP contribution in [0.15, 0.2) is 36.4 Å². The zero-order chi connectivity index (χ0) is 15.7. The first-order chi connectivity index (χ1) is 10.7. The summed E-state index contributed by atoms with van der Waals surface area (Å²) in [5.74, 6) is 0.506. The molecule has 1 atom stereocenters. The summed E-state index contributed by atoms with van der Waals surface area (Å²) in [6.07, 6.45) is -0.248. The summed E-state index contributed by atoms with van der Waals surface area (Å²) in [5.41, 5.74) is 1.04. The van der Waals surface area contributed by atoms with Crippen LogP contribution in [0.2, 0.25) is 0 Å². The van der Waals surface area contributed by atoms with E-state index in [-0.39, 0.29) is 29.3 Å². The van der Waals surface area contributed by atoms with E-state index in [0.29, 0.717) is 11.5 Å². The second-order valence-electron chi connectivity index (χ2n) is 4.98. The number of hydrogen-bond acceptors (Lipinski definition) is 5. The second-order valence-corrected chi connectivity index (χ2v) is 4.98. The number of ketones is 1. The molecule has 22 heavy (non-hydrogen) atoms. The van der Waals surface area contributed by atoms with Gasteiger partial charge in [0.1, 0.15) is 17.4 Å². The van der Waals surface area contributed by atoms with Crippen molar-refractivity contribution in [3.63, 3.8) is 0 Å². The van der Waals surface area contributed by atoms with E-state index in [1.54, 1.807) is 0 Å². The lowest BCUT2D eigenvalue weighted by Crippen LogP contribution is -2.21. The summed E-state index contributed by atoms with van der Waals surface area (Å²) < 4.78 is 16.4. The molecule has 5 nitrogen and oxygen atoms in total. The Labute approximate surface area is 128 Å². The van der Waals surface area contributed by atoms with Crippen LogP contribution in [0.3, 0.4) is 0 Å². The van der Waals surface area contributed by atoms with Crippen LogP contribution >= 0.6 is 0 Å². The molecule has 0 aromatic heterocycles. The van der Waals surface area contributed by atoms with Crippen LogP contribution in [-0.4, -0.2) is 25.1 Å². The van der Waals surface area contributed by atoms with Gasteiger partial charge in [-0.1, -0.05) is 30.3 Å². The number of benzene rings is 2. The van der Waals surface area contributed by atoms with E-state index in [0.717, 1.165) is 5.56 Å². The molecule has 0 unspecified atom stereocenters. The zero-order valence-corrected chi connectivity index (χ0v) is 12.3. The minimum Gasteiger partial charge on any atom is -0.507 e. The van der Waals surface area contributed by atoms with Gasteiger partial charge in [0.15, 0.2) is 17.3 Å². The van der Waals surface area contributed by atoms with Crippen LogP contribution in [-0.2, 0) is 0 Å². The second kappa shape index (κ2) is 5.60. The predicted octanol–water partition coefficient (Wildman–Crippen LogP) is 3.12. The third kappa shape index (κ3) is 2.24. The minimum atomic E-state index is -0.415. The molecule has 1 N–H and O–H groups in total. The number of phenolic OH excluding ortho intramolecular Hbond substituents is 1. The lowest BCUT2D eigenvalue weighted by atomic mass is 9.95. The number of hydrogen-bond donors (Lipinski definition) is 1. The van der Waals surface area contributed by atoms with Crippen LogP contribution in [0.5, 0.6) is 23.0 Å². The van der Waals surface area contributed by atoms with Gasteiger partial charge >= 0.3 is 0 Å². The number of methoxy groups -OCH3 is 2. The Morgan fingerprint density at radius 3 is 2.55 bits per heavy atom. The van der Waals surface area contributed by atoms with E-state index in [9.17, 15) is 9.90 Å². The Morgan fingerprint density at radius 1 is 1.18 bits per heavy atom. The molecular weight excluding hydrogens is 284 g/mol. The van der Waals surface area contributed by atoms with Gasteiger partial charge in [0.2, 0.25) is 5.75 Å². The highest BCUT2D eigenvalue weighted by atomic mass is 16.5. The third-order valence-electron chi connectivity index (χ3n) is 3.69. The highest BCUT2D eigenvalue weighted by molar-refractivity contribution is 6.03. The van der Waals surface area contributed by atoms with E-state index in [2.05, 4.69) is 0 Å². The molecular formula is C17H16O5. The lowest BCUT2D eigenvalue weighted by Gasteiger charge is -2.28.